The summed E-state index contributed by atoms with van der Waals surface area (Å²) in [5, 5.41) is 12.2. The van der Waals surface area contributed by atoms with E-state index in [0.29, 0.717) is 32.2 Å². The van der Waals surface area contributed by atoms with Crippen molar-refractivity contribution in [2.45, 2.75) is 50.7 Å². The van der Waals surface area contributed by atoms with E-state index in [0.717, 1.165) is 0 Å². The van der Waals surface area contributed by atoms with Crippen LogP contribution in [0.3, 0.4) is 0 Å². The van der Waals surface area contributed by atoms with Crippen LogP contribution in [-0.2, 0) is 14.6 Å². The zero-order valence-corrected chi connectivity index (χ0v) is 14.1. The molecular weight excluding hydrogens is 322 g/mol. The first-order valence-electron chi connectivity index (χ1n) is 8.00. The third-order valence-corrected chi connectivity index (χ3v) is 6.64. The Bertz CT molecular complexity index is 565. The molecule has 132 valence electrons. The van der Waals surface area contributed by atoms with Gasteiger partial charge in [-0.3, -0.25) is 9.69 Å². The number of carbonyl (C=O) groups excluding carboxylic acids is 1. The lowest BCUT2D eigenvalue weighted by atomic mass is 9.81. The maximum atomic E-state index is 12.0. The molecule has 0 aromatic heterocycles. The Kier molecular flexibility index (Phi) is 5.51. The third-order valence-electron chi connectivity index (χ3n) is 4.82. The summed E-state index contributed by atoms with van der Waals surface area (Å²) in [6.45, 7) is 2.02. The molecule has 4 N–H and O–H groups in total. The van der Waals surface area contributed by atoms with E-state index >= 15 is 0 Å². The van der Waals surface area contributed by atoms with Crippen molar-refractivity contribution in [1.29, 1.82) is 0 Å². The van der Waals surface area contributed by atoms with Gasteiger partial charge in [0.15, 0.2) is 0 Å². The molecule has 1 heterocycles. The van der Waals surface area contributed by atoms with Gasteiger partial charge in [0, 0.05) is 24.4 Å². The summed E-state index contributed by atoms with van der Waals surface area (Å²) in [7, 11) is -3.25. The van der Waals surface area contributed by atoms with Gasteiger partial charge < -0.3 is 16.2 Å². The highest BCUT2D eigenvalue weighted by Gasteiger charge is 2.43. The summed E-state index contributed by atoms with van der Waals surface area (Å²) in [4.78, 5) is 24.8. The van der Waals surface area contributed by atoms with Crippen molar-refractivity contribution in [2.75, 3.05) is 18.1 Å². The Morgan fingerprint density at radius 2 is 2.09 bits per heavy atom. The van der Waals surface area contributed by atoms with Crippen molar-refractivity contribution in [3.8, 4) is 0 Å². The Balaban J connectivity index is 2.26. The van der Waals surface area contributed by atoms with Crippen molar-refractivity contribution in [3.05, 3.63) is 0 Å². The monoisotopic (exact) mass is 347 g/mol. The molecule has 1 aliphatic heterocycles. The van der Waals surface area contributed by atoms with Crippen molar-refractivity contribution in [1.82, 2.24) is 10.2 Å². The molecule has 2 rings (SSSR count). The van der Waals surface area contributed by atoms with Crippen LogP contribution in [-0.4, -0.2) is 66.6 Å². The number of carboxylic acid groups (broad SMARTS) is 1. The molecule has 1 saturated heterocycles. The van der Waals surface area contributed by atoms with Crippen molar-refractivity contribution in [3.63, 3.8) is 0 Å². The molecule has 8 nitrogen and oxygen atoms in total. The molecule has 2 fully saturated rings. The number of nitrogens with two attached hydrogens (primary N) is 1. The molecule has 1 unspecified atom stereocenters. The maximum Gasteiger partial charge on any atom is 0.408 e. The fourth-order valence-corrected chi connectivity index (χ4v) is 4.87. The molecule has 0 spiro atoms. The van der Waals surface area contributed by atoms with Gasteiger partial charge in [0.2, 0.25) is 5.91 Å². The second-order valence-corrected chi connectivity index (χ2v) is 8.78. The molecule has 1 aliphatic carbocycles. The summed E-state index contributed by atoms with van der Waals surface area (Å²) in [5.41, 5.74) is 5.96. The number of nitrogens with one attached hydrogen (secondary N) is 1. The average molecular weight is 347 g/mol. The Hall–Kier alpha value is -1.35. The topological polar surface area (TPSA) is 130 Å². The van der Waals surface area contributed by atoms with Crippen LogP contribution in [0, 0.1) is 5.92 Å². The summed E-state index contributed by atoms with van der Waals surface area (Å²) >= 11 is 0. The lowest BCUT2D eigenvalue weighted by molar-refractivity contribution is -0.124. The maximum absolute atomic E-state index is 12.0. The van der Waals surface area contributed by atoms with Crippen LogP contribution in [0.1, 0.15) is 32.6 Å². The van der Waals surface area contributed by atoms with E-state index in [2.05, 4.69) is 5.32 Å². The fraction of sp³-hybridized carbons (Fsp3) is 0.857. The number of nitrogens with zero attached hydrogens (tertiary/aromatic N) is 1. The van der Waals surface area contributed by atoms with Crippen LogP contribution in [0.5, 0.6) is 0 Å². The highest BCUT2D eigenvalue weighted by atomic mass is 32.2. The van der Waals surface area contributed by atoms with Crippen LogP contribution >= 0.6 is 0 Å². The van der Waals surface area contributed by atoms with Crippen LogP contribution < -0.4 is 11.1 Å². The van der Waals surface area contributed by atoms with Crippen molar-refractivity contribution < 1.29 is 23.1 Å². The predicted molar refractivity (Wildman–Crippen MR) is 84.7 cm³/mol. The van der Waals surface area contributed by atoms with Gasteiger partial charge in [0.1, 0.15) is 15.9 Å². The van der Waals surface area contributed by atoms with Gasteiger partial charge in [0.25, 0.3) is 0 Å². The van der Waals surface area contributed by atoms with Crippen LogP contribution in [0.2, 0.25) is 0 Å². The van der Waals surface area contributed by atoms with Gasteiger partial charge in [-0.05, 0) is 31.6 Å². The van der Waals surface area contributed by atoms with Crippen molar-refractivity contribution in [2.24, 2.45) is 11.7 Å². The fourth-order valence-electron chi connectivity index (χ4n) is 3.63. The largest absolute Gasteiger partial charge is 0.465 e. The smallest absolute Gasteiger partial charge is 0.408 e. The van der Waals surface area contributed by atoms with E-state index in [1.807, 2.05) is 0 Å². The third kappa shape index (κ3) is 4.14. The lowest BCUT2D eigenvalue weighted by Gasteiger charge is -2.42. The number of amides is 2. The van der Waals surface area contributed by atoms with E-state index in [-0.39, 0.29) is 29.4 Å². The highest BCUT2D eigenvalue weighted by molar-refractivity contribution is 7.91. The summed E-state index contributed by atoms with van der Waals surface area (Å²) in [5.74, 6) is -0.741. The average Bonchev–Trinajstić information content (AvgIpc) is 2.87. The van der Waals surface area contributed by atoms with Crippen LogP contribution in [0.4, 0.5) is 4.79 Å². The van der Waals surface area contributed by atoms with E-state index in [4.69, 9.17) is 5.73 Å². The molecule has 0 aromatic carbocycles. The molecular formula is C14H25N3O5S. The highest BCUT2D eigenvalue weighted by Crippen LogP contribution is 2.32. The van der Waals surface area contributed by atoms with E-state index in [1.165, 1.54) is 4.90 Å². The molecule has 0 bridgehead atoms. The SMILES string of the molecule is CCS(=O)(=O)C[C@H]1C[C@@H](N)CC[C@@H]1N(C(=O)O)C1CCNC1=O. The normalized spacial score (nSPS) is 31.7. The molecule has 4 atom stereocenters. The molecule has 1 saturated carbocycles. The minimum absolute atomic E-state index is 0.0163. The number of hydrogen-bond acceptors (Lipinski definition) is 5. The number of carbonyl (C=O) groups is 2. The zero-order valence-electron chi connectivity index (χ0n) is 13.3. The summed E-state index contributed by atoms with van der Waals surface area (Å²) < 4.78 is 24.0. The van der Waals surface area contributed by atoms with E-state index in [9.17, 15) is 23.1 Å². The second kappa shape index (κ2) is 7.04. The molecule has 2 amide bonds. The quantitative estimate of drug-likeness (QED) is 0.631. The first kappa shape index (κ1) is 18.0. The Morgan fingerprint density at radius 3 is 2.61 bits per heavy atom. The van der Waals surface area contributed by atoms with E-state index in [1.54, 1.807) is 6.92 Å². The first-order valence-corrected chi connectivity index (χ1v) is 9.82. The summed E-state index contributed by atoms with van der Waals surface area (Å²) in [6.07, 6.45) is 0.821. The van der Waals surface area contributed by atoms with Gasteiger partial charge in [-0.25, -0.2) is 13.2 Å². The van der Waals surface area contributed by atoms with E-state index < -0.39 is 28.0 Å². The molecule has 23 heavy (non-hydrogen) atoms. The Morgan fingerprint density at radius 1 is 1.39 bits per heavy atom. The second-order valence-electron chi connectivity index (χ2n) is 6.38. The molecule has 0 aromatic rings. The predicted octanol–water partition coefficient (Wildman–Crippen LogP) is -0.214. The standard InChI is InChI=1S/C14H25N3O5S/c1-2-23(21,22)8-9-7-10(15)3-4-11(9)17(14(19)20)12-5-6-16-13(12)18/h9-12H,2-8,15H2,1H3,(H,16,18)(H,19,20)/t9-,10+,11+,12?/m1/s1. The molecule has 0 radical (unpaired) electrons. The molecule has 2 aliphatic rings. The van der Waals surface area contributed by atoms with Crippen LogP contribution in [0.15, 0.2) is 0 Å². The number of sulfone groups is 1. The van der Waals surface area contributed by atoms with Crippen molar-refractivity contribution >= 4 is 21.8 Å². The minimum atomic E-state index is -3.25. The summed E-state index contributed by atoms with van der Waals surface area (Å²) in [6, 6.07) is -1.35. The number of hydrogen-bond donors (Lipinski definition) is 3. The van der Waals surface area contributed by atoms with Gasteiger partial charge in [-0.2, -0.15) is 0 Å². The van der Waals surface area contributed by atoms with Gasteiger partial charge in [-0.15, -0.1) is 0 Å². The lowest BCUT2D eigenvalue weighted by Crippen LogP contribution is -2.56. The number of rotatable bonds is 5. The minimum Gasteiger partial charge on any atom is -0.465 e. The van der Waals surface area contributed by atoms with Gasteiger partial charge in [0.05, 0.1) is 5.75 Å². The van der Waals surface area contributed by atoms with Gasteiger partial charge in [-0.1, -0.05) is 6.92 Å². The van der Waals surface area contributed by atoms with Gasteiger partial charge >= 0.3 is 6.09 Å². The first-order chi connectivity index (χ1) is 10.7. The molecule has 9 heteroatoms. The zero-order chi connectivity index (χ0) is 17.2. The Labute approximate surface area is 136 Å². The van der Waals surface area contributed by atoms with Crippen LogP contribution in [0.25, 0.3) is 0 Å².